The molecule has 2 heterocycles. The second-order valence-corrected chi connectivity index (χ2v) is 10.7. The first-order valence-corrected chi connectivity index (χ1v) is 11.8. The van der Waals surface area contributed by atoms with E-state index in [1.165, 1.54) is 68.7 Å². The fourth-order valence-electron chi connectivity index (χ4n) is 7.25. The van der Waals surface area contributed by atoms with Crippen molar-refractivity contribution in [3.63, 3.8) is 0 Å². The SMILES string of the molecule is CCCC(CCCC1CC(C(C)C)C1)C1C2C(C)CC(CCC)[N+]21C. The number of hydrogen-bond acceptors (Lipinski definition) is 0. The van der Waals surface area contributed by atoms with Crippen LogP contribution in [0.1, 0.15) is 98.8 Å². The molecule has 25 heavy (non-hydrogen) atoms. The molecule has 146 valence electrons. The third-order valence-electron chi connectivity index (χ3n) is 8.73. The molecule has 1 heteroatoms. The second-order valence-electron chi connectivity index (χ2n) is 10.7. The highest BCUT2D eigenvalue weighted by molar-refractivity contribution is 5.02. The fraction of sp³-hybridized carbons (Fsp3) is 1.00. The Morgan fingerprint density at radius 3 is 2.28 bits per heavy atom. The van der Waals surface area contributed by atoms with Gasteiger partial charge in [-0.2, -0.15) is 0 Å². The van der Waals surface area contributed by atoms with Gasteiger partial charge in [-0.25, -0.2) is 0 Å². The summed E-state index contributed by atoms with van der Waals surface area (Å²) in [5.41, 5.74) is 0. The Morgan fingerprint density at radius 2 is 1.68 bits per heavy atom. The van der Waals surface area contributed by atoms with E-state index in [1.807, 2.05) is 0 Å². The van der Waals surface area contributed by atoms with Crippen LogP contribution in [0.3, 0.4) is 0 Å². The lowest BCUT2D eigenvalue weighted by Gasteiger charge is -2.38. The summed E-state index contributed by atoms with van der Waals surface area (Å²) in [6.45, 7) is 12.2. The zero-order valence-corrected chi connectivity index (χ0v) is 18.1. The fourth-order valence-corrected chi connectivity index (χ4v) is 7.25. The van der Waals surface area contributed by atoms with E-state index in [0.29, 0.717) is 0 Å². The topological polar surface area (TPSA) is 0 Å². The molecule has 2 saturated heterocycles. The van der Waals surface area contributed by atoms with Gasteiger partial charge in [0.15, 0.2) is 0 Å². The molecule has 0 bridgehead atoms. The number of hydrogen-bond donors (Lipinski definition) is 0. The maximum absolute atomic E-state index is 2.63. The summed E-state index contributed by atoms with van der Waals surface area (Å²) >= 11 is 0. The van der Waals surface area contributed by atoms with Crippen molar-refractivity contribution in [2.45, 2.75) is 117 Å². The van der Waals surface area contributed by atoms with Crippen LogP contribution in [0, 0.1) is 29.6 Å². The molecule has 1 aliphatic carbocycles. The number of piperidine rings is 1. The number of nitrogens with zero attached hydrogens (tertiary/aromatic N) is 1. The largest absolute Gasteiger partial charge is 0.308 e. The highest BCUT2D eigenvalue weighted by Crippen LogP contribution is 2.58. The second kappa shape index (κ2) is 7.91. The molecule has 0 radical (unpaired) electrons. The molecule has 3 rings (SSSR count). The molecular formula is C24H46N+. The molecule has 0 aromatic rings. The zero-order chi connectivity index (χ0) is 18.2. The molecule has 2 aliphatic heterocycles. The predicted molar refractivity (Wildman–Crippen MR) is 110 cm³/mol. The van der Waals surface area contributed by atoms with E-state index < -0.39 is 0 Å². The van der Waals surface area contributed by atoms with Crippen molar-refractivity contribution in [3.8, 4) is 0 Å². The van der Waals surface area contributed by atoms with Crippen molar-refractivity contribution in [1.29, 1.82) is 0 Å². The lowest BCUT2D eigenvalue weighted by Crippen LogP contribution is -2.36. The minimum Gasteiger partial charge on any atom is -0.308 e. The smallest absolute Gasteiger partial charge is 0.145 e. The van der Waals surface area contributed by atoms with Crippen LogP contribution < -0.4 is 0 Å². The van der Waals surface area contributed by atoms with Gasteiger partial charge in [0, 0.05) is 18.3 Å². The van der Waals surface area contributed by atoms with Crippen molar-refractivity contribution in [3.05, 3.63) is 0 Å². The maximum atomic E-state index is 2.63. The minimum atomic E-state index is 0.921. The number of rotatable bonds is 10. The van der Waals surface area contributed by atoms with Gasteiger partial charge in [0.2, 0.25) is 0 Å². The van der Waals surface area contributed by atoms with Crippen LogP contribution in [0.25, 0.3) is 0 Å². The highest BCUT2D eigenvalue weighted by Gasteiger charge is 2.74. The van der Waals surface area contributed by atoms with E-state index in [1.54, 1.807) is 0 Å². The van der Waals surface area contributed by atoms with Crippen LogP contribution >= 0.6 is 0 Å². The van der Waals surface area contributed by atoms with E-state index >= 15 is 0 Å². The van der Waals surface area contributed by atoms with E-state index in [-0.39, 0.29) is 0 Å². The summed E-state index contributed by atoms with van der Waals surface area (Å²) in [5.74, 6) is 5.03. The summed E-state index contributed by atoms with van der Waals surface area (Å²) in [5, 5.41) is 0. The first-order chi connectivity index (χ1) is 11.9. The van der Waals surface area contributed by atoms with Crippen molar-refractivity contribution < 1.29 is 4.48 Å². The van der Waals surface area contributed by atoms with Gasteiger partial charge in [-0.3, -0.25) is 0 Å². The average Bonchev–Trinajstić information content (AvgIpc) is 3.06. The molecule has 0 aromatic carbocycles. The lowest BCUT2D eigenvalue weighted by atomic mass is 9.67. The highest BCUT2D eigenvalue weighted by atomic mass is 15.6. The molecule has 6 unspecified atom stereocenters. The van der Waals surface area contributed by atoms with Crippen LogP contribution in [-0.2, 0) is 0 Å². The Kier molecular flexibility index (Phi) is 6.24. The van der Waals surface area contributed by atoms with Crippen molar-refractivity contribution >= 4 is 0 Å². The van der Waals surface area contributed by atoms with Gasteiger partial charge >= 0.3 is 0 Å². The molecular weight excluding hydrogens is 302 g/mol. The zero-order valence-electron chi connectivity index (χ0n) is 18.1. The Bertz CT molecular complexity index is 424. The minimum absolute atomic E-state index is 0.921. The van der Waals surface area contributed by atoms with Gasteiger partial charge in [-0.05, 0) is 49.9 Å². The third-order valence-corrected chi connectivity index (χ3v) is 8.73. The van der Waals surface area contributed by atoms with Gasteiger partial charge in [0.1, 0.15) is 12.1 Å². The molecule has 0 amide bonds. The molecule has 3 aliphatic rings. The average molecular weight is 349 g/mol. The van der Waals surface area contributed by atoms with E-state index in [4.69, 9.17) is 0 Å². The van der Waals surface area contributed by atoms with E-state index in [9.17, 15) is 0 Å². The van der Waals surface area contributed by atoms with Gasteiger partial charge in [-0.15, -0.1) is 0 Å². The summed E-state index contributed by atoms with van der Waals surface area (Å²) in [7, 11) is 2.63. The molecule has 0 spiro atoms. The Labute approximate surface area is 158 Å². The van der Waals surface area contributed by atoms with Crippen LogP contribution in [-0.4, -0.2) is 29.7 Å². The molecule has 1 nitrogen and oxygen atoms in total. The quantitative estimate of drug-likeness (QED) is 0.306. The Hall–Kier alpha value is -0.0400. The lowest BCUT2D eigenvalue weighted by molar-refractivity contribution is -0.825. The number of likely N-dealkylation sites (N-methyl/N-ethyl adjacent to an activating group) is 1. The van der Waals surface area contributed by atoms with Crippen LogP contribution in [0.4, 0.5) is 0 Å². The molecule has 1 saturated carbocycles. The van der Waals surface area contributed by atoms with E-state index in [2.05, 4.69) is 41.7 Å². The molecule has 0 aromatic heterocycles. The van der Waals surface area contributed by atoms with Gasteiger partial charge < -0.3 is 4.48 Å². The predicted octanol–water partition coefficient (Wildman–Crippen LogP) is 6.66. The summed E-state index contributed by atoms with van der Waals surface area (Å²) in [6, 6.07) is 3.01. The van der Waals surface area contributed by atoms with Crippen LogP contribution in [0.15, 0.2) is 0 Å². The first-order valence-electron chi connectivity index (χ1n) is 11.8. The third kappa shape index (κ3) is 3.69. The summed E-state index contributed by atoms with van der Waals surface area (Å²) in [6.07, 6.45) is 14.8. The van der Waals surface area contributed by atoms with Gasteiger partial charge in [-0.1, -0.05) is 60.3 Å². The molecule has 6 atom stereocenters. The van der Waals surface area contributed by atoms with Crippen molar-refractivity contribution in [1.82, 2.24) is 0 Å². The molecule has 0 N–H and O–H groups in total. The normalized spacial score (nSPS) is 43.8. The first kappa shape index (κ1) is 19.7. The maximum Gasteiger partial charge on any atom is 0.145 e. The van der Waals surface area contributed by atoms with Gasteiger partial charge in [0.05, 0.1) is 13.1 Å². The molecule has 3 fully saturated rings. The van der Waals surface area contributed by atoms with Crippen molar-refractivity contribution in [2.75, 3.05) is 7.05 Å². The Balaban J connectivity index is 1.49. The van der Waals surface area contributed by atoms with Crippen LogP contribution in [0.2, 0.25) is 0 Å². The van der Waals surface area contributed by atoms with E-state index in [0.717, 1.165) is 47.7 Å². The summed E-state index contributed by atoms with van der Waals surface area (Å²) in [4.78, 5) is 0. The van der Waals surface area contributed by atoms with Gasteiger partial charge in [0.25, 0.3) is 0 Å². The standard InChI is InChI=1S/C24H46N/c1-7-10-20(13-9-12-19-15-21(16-19)17(3)4)24-23-18(5)14-22(11-8-2)25(23,24)6/h17-24H,7-16H2,1-6H3/q+1. The van der Waals surface area contributed by atoms with Crippen molar-refractivity contribution in [2.24, 2.45) is 29.6 Å². The number of quaternary nitrogens is 1. The summed E-state index contributed by atoms with van der Waals surface area (Å²) < 4.78 is 1.47. The number of fused-ring (bicyclic) bond motifs is 1. The monoisotopic (exact) mass is 348 g/mol. The Morgan fingerprint density at radius 1 is 0.960 bits per heavy atom. The van der Waals surface area contributed by atoms with Crippen LogP contribution in [0.5, 0.6) is 0 Å².